The molecule has 0 atom stereocenters. The van der Waals surface area contributed by atoms with Gasteiger partial charge in [-0.3, -0.25) is 9.59 Å². The van der Waals surface area contributed by atoms with E-state index in [1.807, 2.05) is 4.90 Å². The maximum Gasteiger partial charge on any atom is 0.241 e. The molecule has 2 aliphatic rings. The van der Waals surface area contributed by atoms with Gasteiger partial charge < -0.3 is 16.0 Å². The fourth-order valence-electron chi connectivity index (χ4n) is 2.44. The Balaban J connectivity index is 1.66. The van der Waals surface area contributed by atoms with Crippen molar-refractivity contribution >= 4 is 11.8 Å². The molecule has 0 radical (unpaired) electrons. The van der Waals surface area contributed by atoms with E-state index in [0.29, 0.717) is 6.42 Å². The van der Waals surface area contributed by atoms with E-state index in [9.17, 15) is 9.59 Å². The number of likely N-dealkylation sites (tertiary alicyclic amines) is 1. The Hall–Kier alpha value is -1.10. The fourth-order valence-corrected chi connectivity index (χ4v) is 2.44. The number of hydrogen-bond donors (Lipinski definition) is 2. The van der Waals surface area contributed by atoms with Crippen molar-refractivity contribution in [3.05, 3.63) is 0 Å². The first-order valence-electron chi connectivity index (χ1n) is 6.42. The summed E-state index contributed by atoms with van der Waals surface area (Å²) in [7, 11) is 0. The van der Waals surface area contributed by atoms with Crippen LogP contribution in [0.5, 0.6) is 0 Å². The highest BCUT2D eigenvalue weighted by Crippen LogP contribution is 2.31. The van der Waals surface area contributed by atoms with E-state index >= 15 is 0 Å². The summed E-state index contributed by atoms with van der Waals surface area (Å²) in [6, 6.07) is 0. The van der Waals surface area contributed by atoms with E-state index in [-0.39, 0.29) is 23.9 Å². The number of nitrogens with one attached hydrogen (secondary N) is 1. The van der Waals surface area contributed by atoms with Gasteiger partial charge in [0.2, 0.25) is 11.8 Å². The van der Waals surface area contributed by atoms with Crippen molar-refractivity contribution < 1.29 is 9.59 Å². The number of rotatable bonds is 4. The van der Waals surface area contributed by atoms with Crippen LogP contribution in [0.4, 0.5) is 0 Å². The molecular formula is C12H21N3O2. The Kier molecular flexibility index (Phi) is 3.66. The highest BCUT2D eigenvalue weighted by atomic mass is 16.2. The largest absolute Gasteiger partial charge is 0.347 e. The molecule has 2 fully saturated rings. The molecule has 0 aromatic carbocycles. The topological polar surface area (TPSA) is 75.4 Å². The zero-order chi connectivity index (χ0) is 12.3. The second-order valence-corrected chi connectivity index (χ2v) is 5.26. The molecule has 1 saturated carbocycles. The van der Waals surface area contributed by atoms with Crippen LogP contribution < -0.4 is 11.1 Å². The maximum absolute atomic E-state index is 11.7. The minimum atomic E-state index is -0.305. The van der Waals surface area contributed by atoms with E-state index in [0.717, 1.165) is 45.2 Å². The summed E-state index contributed by atoms with van der Waals surface area (Å²) in [5.41, 5.74) is 5.67. The first-order valence-corrected chi connectivity index (χ1v) is 6.42. The lowest BCUT2D eigenvalue weighted by atomic mass is 9.75. The number of amides is 2. The highest BCUT2D eigenvalue weighted by molar-refractivity contribution is 5.85. The van der Waals surface area contributed by atoms with Crippen molar-refractivity contribution in [3.8, 4) is 0 Å². The molecule has 0 bridgehead atoms. The van der Waals surface area contributed by atoms with E-state index < -0.39 is 0 Å². The molecular weight excluding hydrogens is 218 g/mol. The minimum absolute atomic E-state index is 0.0236. The normalized spacial score (nSPS) is 22.1. The van der Waals surface area contributed by atoms with Gasteiger partial charge >= 0.3 is 0 Å². The second kappa shape index (κ2) is 5.04. The van der Waals surface area contributed by atoms with E-state index in [1.165, 1.54) is 0 Å². The first kappa shape index (κ1) is 12.4. The Bertz CT molecular complexity index is 307. The van der Waals surface area contributed by atoms with Crippen LogP contribution in [0.1, 0.15) is 38.5 Å². The molecule has 3 N–H and O–H groups in total. The molecule has 0 aromatic rings. The third-order valence-corrected chi connectivity index (χ3v) is 3.76. The summed E-state index contributed by atoms with van der Waals surface area (Å²) in [6.45, 7) is 1.78. The van der Waals surface area contributed by atoms with E-state index in [1.54, 1.807) is 0 Å². The number of carbonyl (C=O) groups is 2. The van der Waals surface area contributed by atoms with Crippen LogP contribution in [0.25, 0.3) is 0 Å². The predicted octanol–water partition coefficient (Wildman–Crippen LogP) is -0.00350. The molecule has 2 amide bonds. The van der Waals surface area contributed by atoms with Gasteiger partial charge in [0.25, 0.3) is 0 Å². The van der Waals surface area contributed by atoms with Gasteiger partial charge in [0.05, 0.1) is 6.54 Å². The smallest absolute Gasteiger partial charge is 0.241 e. The summed E-state index contributed by atoms with van der Waals surface area (Å²) >= 11 is 0. The van der Waals surface area contributed by atoms with Crippen molar-refractivity contribution in [3.63, 3.8) is 0 Å². The molecule has 96 valence electrons. The maximum atomic E-state index is 11.7. The van der Waals surface area contributed by atoms with Crippen molar-refractivity contribution in [2.45, 2.75) is 44.1 Å². The zero-order valence-electron chi connectivity index (χ0n) is 10.2. The molecule has 5 heteroatoms. The van der Waals surface area contributed by atoms with Crippen LogP contribution >= 0.6 is 0 Å². The fraction of sp³-hybridized carbons (Fsp3) is 0.833. The predicted molar refractivity (Wildman–Crippen MR) is 64.2 cm³/mol. The van der Waals surface area contributed by atoms with Gasteiger partial charge in [-0.2, -0.15) is 0 Å². The van der Waals surface area contributed by atoms with Crippen LogP contribution in [0.3, 0.4) is 0 Å². The summed E-state index contributed by atoms with van der Waals surface area (Å²) in [4.78, 5) is 25.1. The number of nitrogens with two attached hydrogens (primary N) is 1. The molecule has 17 heavy (non-hydrogen) atoms. The molecule has 1 aliphatic carbocycles. The van der Waals surface area contributed by atoms with Crippen molar-refractivity contribution in [1.29, 1.82) is 0 Å². The molecule has 1 heterocycles. The number of hydrogen-bond acceptors (Lipinski definition) is 3. The average Bonchev–Trinajstić information content (AvgIpc) is 2.77. The highest BCUT2D eigenvalue weighted by Gasteiger charge is 2.34. The Labute approximate surface area is 102 Å². The summed E-state index contributed by atoms with van der Waals surface area (Å²) in [5.74, 6) is -0.0738. The molecule has 0 spiro atoms. The van der Waals surface area contributed by atoms with Gasteiger partial charge in [-0.1, -0.05) is 0 Å². The van der Waals surface area contributed by atoms with Gasteiger partial charge in [-0.25, -0.2) is 0 Å². The van der Waals surface area contributed by atoms with Gasteiger partial charge in [0.1, 0.15) is 0 Å². The van der Waals surface area contributed by atoms with Gasteiger partial charge in [-0.05, 0) is 32.1 Å². The monoisotopic (exact) mass is 239 g/mol. The minimum Gasteiger partial charge on any atom is -0.347 e. The standard InChI is InChI=1S/C12H21N3O2/c13-12(4-3-5-12)8-10(16)14-9-11(17)15-6-1-2-7-15/h1-9,13H2,(H,14,16). The van der Waals surface area contributed by atoms with Gasteiger partial charge in [0.15, 0.2) is 0 Å². The Morgan fingerprint density at radius 3 is 2.35 bits per heavy atom. The third-order valence-electron chi connectivity index (χ3n) is 3.76. The molecule has 1 aliphatic heterocycles. The molecule has 0 aromatic heterocycles. The molecule has 0 unspecified atom stereocenters. The van der Waals surface area contributed by atoms with Crippen molar-refractivity contribution in [2.75, 3.05) is 19.6 Å². The number of nitrogens with zero attached hydrogens (tertiary/aromatic N) is 1. The van der Waals surface area contributed by atoms with Crippen LogP contribution in [-0.4, -0.2) is 41.9 Å². The molecule has 2 rings (SSSR count). The van der Waals surface area contributed by atoms with Crippen LogP contribution in [0.2, 0.25) is 0 Å². The van der Waals surface area contributed by atoms with E-state index in [4.69, 9.17) is 5.73 Å². The van der Waals surface area contributed by atoms with Gasteiger partial charge in [-0.15, -0.1) is 0 Å². The summed E-state index contributed by atoms with van der Waals surface area (Å²) in [6.07, 6.45) is 5.44. The van der Waals surface area contributed by atoms with Crippen LogP contribution in [0.15, 0.2) is 0 Å². The van der Waals surface area contributed by atoms with Crippen molar-refractivity contribution in [1.82, 2.24) is 10.2 Å². The average molecular weight is 239 g/mol. The molecule has 1 saturated heterocycles. The quantitative estimate of drug-likeness (QED) is 0.725. The lowest BCUT2D eigenvalue weighted by Gasteiger charge is -2.37. The lowest BCUT2D eigenvalue weighted by Crippen LogP contribution is -2.50. The SMILES string of the molecule is NC1(CC(=O)NCC(=O)N2CCCC2)CCC1. The van der Waals surface area contributed by atoms with Crippen molar-refractivity contribution in [2.24, 2.45) is 5.73 Å². The van der Waals surface area contributed by atoms with E-state index in [2.05, 4.69) is 5.32 Å². The third kappa shape index (κ3) is 3.19. The summed E-state index contributed by atoms with van der Waals surface area (Å²) < 4.78 is 0. The lowest BCUT2D eigenvalue weighted by molar-refractivity contribution is -0.132. The van der Waals surface area contributed by atoms with Crippen LogP contribution in [-0.2, 0) is 9.59 Å². The van der Waals surface area contributed by atoms with Crippen LogP contribution in [0, 0.1) is 0 Å². The Morgan fingerprint density at radius 2 is 1.82 bits per heavy atom. The van der Waals surface area contributed by atoms with Gasteiger partial charge in [0, 0.05) is 25.0 Å². The summed E-state index contributed by atoms with van der Waals surface area (Å²) in [5, 5.41) is 2.67. The zero-order valence-corrected chi connectivity index (χ0v) is 10.2. The molecule has 5 nitrogen and oxygen atoms in total. The second-order valence-electron chi connectivity index (χ2n) is 5.26. The number of carbonyl (C=O) groups excluding carboxylic acids is 2. The first-order chi connectivity index (χ1) is 8.09. The Morgan fingerprint density at radius 1 is 1.18 bits per heavy atom.